The van der Waals surface area contributed by atoms with Crippen LogP contribution in [0.4, 0.5) is 0 Å². The third-order valence-electron chi connectivity index (χ3n) is 5.26. The van der Waals surface area contributed by atoms with Crippen molar-refractivity contribution in [2.45, 2.75) is 37.1 Å². The lowest BCUT2D eigenvalue weighted by atomic mass is 9.91. The minimum Gasteiger partial charge on any atom is -0.394 e. The third kappa shape index (κ3) is 4.13. The van der Waals surface area contributed by atoms with Gasteiger partial charge in [0.15, 0.2) is 0 Å². The summed E-state index contributed by atoms with van der Waals surface area (Å²) in [6, 6.07) is 17.5. The SMILES string of the molecule is OC[C@H]1O[C@H](c2ccc(C3=CN(Cc4ccccc4)NN3)cc2)[C@@H](O)[C@@H](O)[C@@H]1O. The number of ether oxygens (including phenoxy) is 1. The molecule has 0 amide bonds. The molecule has 2 aliphatic heterocycles. The van der Waals surface area contributed by atoms with Gasteiger partial charge in [-0.3, -0.25) is 5.01 Å². The second-order valence-corrected chi connectivity index (χ2v) is 7.26. The summed E-state index contributed by atoms with van der Waals surface area (Å²) in [7, 11) is 0. The number of nitrogens with zero attached hydrogens (tertiary/aromatic N) is 1. The molecular weight excluding hydrogens is 374 g/mol. The Kier molecular flexibility index (Phi) is 5.81. The van der Waals surface area contributed by atoms with Gasteiger partial charge in [0.2, 0.25) is 0 Å². The Balaban J connectivity index is 1.46. The summed E-state index contributed by atoms with van der Waals surface area (Å²) in [6.07, 6.45) is -3.83. The van der Waals surface area contributed by atoms with Crippen molar-refractivity contribution in [2.75, 3.05) is 6.61 Å². The van der Waals surface area contributed by atoms with Crippen molar-refractivity contribution in [1.82, 2.24) is 16.0 Å². The van der Waals surface area contributed by atoms with Crippen molar-refractivity contribution in [1.29, 1.82) is 0 Å². The minimum atomic E-state index is -1.39. The summed E-state index contributed by atoms with van der Waals surface area (Å²) in [6.45, 7) is 0.263. The van der Waals surface area contributed by atoms with Gasteiger partial charge in [0.1, 0.15) is 30.5 Å². The number of aliphatic hydroxyl groups excluding tert-OH is 4. The maximum Gasteiger partial charge on any atom is 0.113 e. The van der Waals surface area contributed by atoms with Crippen LogP contribution in [-0.4, -0.2) is 56.5 Å². The fourth-order valence-electron chi connectivity index (χ4n) is 3.59. The predicted molar refractivity (Wildman–Crippen MR) is 105 cm³/mol. The number of rotatable bonds is 5. The molecule has 2 aliphatic rings. The van der Waals surface area contributed by atoms with Crippen LogP contribution in [0.15, 0.2) is 60.8 Å². The molecule has 8 heteroatoms. The molecule has 8 nitrogen and oxygen atoms in total. The van der Waals surface area contributed by atoms with Crippen molar-refractivity contribution >= 4 is 5.70 Å². The molecule has 2 aromatic carbocycles. The normalized spacial score (nSPS) is 29.4. The van der Waals surface area contributed by atoms with E-state index in [4.69, 9.17) is 4.74 Å². The van der Waals surface area contributed by atoms with Gasteiger partial charge in [-0.05, 0) is 11.1 Å². The standard InChI is InChI=1S/C21H25N3O5/c25-12-17-18(26)19(27)20(28)21(29-17)15-8-6-14(7-9-15)16-11-24(23-22-16)10-13-4-2-1-3-5-13/h1-9,11,17-23,25-28H,10,12H2/t17-,18-,19+,20+,21-/m1/s1. The number of hydrazine groups is 2. The highest BCUT2D eigenvalue weighted by molar-refractivity contribution is 5.64. The van der Waals surface area contributed by atoms with Crippen LogP contribution in [0.2, 0.25) is 0 Å². The van der Waals surface area contributed by atoms with Crippen LogP contribution in [-0.2, 0) is 11.3 Å². The molecule has 154 valence electrons. The molecule has 0 bridgehead atoms. The molecular formula is C21H25N3O5. The van der Waals surface area contributed by atoms with Crippen molar-refractivity contribution in [2.24, 2.45) is 0 Å². The molecule has 0 unspecified atom stereocenters. The zero-order chi connectivity index (χ0) is 20.4. The van der Waals surface area contributed by atoms with Gasteiger partial charge in [0.25, 0.3) is 0 Å². The summed E-state index contributed by atoms with van der Waals surface area (Å²) in [5, 5.41) is 41.5. The molecule has 6 N–H and O–H groups in total. The van der Waals surface area contributed by atoms with E-state index in [1.165, 1.54) is 5.56 Å². The van der Waals surface area contributed by atoms with Gasteiger partial charge in [-0.25, -0.2) is 0 Å². The van der Waals surface area contributed by atoms with Crippen LogP contribution < -0.4 is 11.0 Å². The molecule has 0 spiro atoms. The van der Waals surface area contributed by atoms with E-state index in [9.17, 15) is 20.4 Å². The van der Waals surface area contributed by atoms with Crippen molar-refractivity contribution in [3.63, 3.8) is 0 Å². The van der Waals surface area contributed by atoms with Crippen LogP contribution >= 0.6 is 0 Å². The first-order chi connectivity index (χ1) is 14.1. The number of hydrogen-bond donors (Lipinski definition) is 6. The molecule has 1 fully saturated rings. The first-order valence-corrected chi connectivity index (χ1v) is 9.51. The van der Waals surface area contributed by atoms with E-state index in [-0.39, 0.29) is 0 Å². The second-order valence-electron chi connectivity index (χ2n) is 7.26. The molecule has 1 saturated heterocycles. The lowest BCUT2D eigenvalue weighted by molar-refractivity contribution is -0.231. The lowest BCUT2D eigenvalue weighted by Crippen LogP contribution is -2.55. The van der Waals surface area contributed by atoms with E-state index in [1.807, 2.05) is 41.5 Å². The Morgan fingerprint density at radius 3 is 2.31 bits per heavy atom. The molecule has 0 radical (unpaired) electrons. The monoisotopic (exact) mass is 399 g/mol. The average molecular weight is 399 g/mol. The highest BCUT2D eigenvalue weighted by atomic mass is 16.5. The Labute approximate surface area is 168 Å². The molecule has 2 aromatic rings. The van der Waals surface area contributed by atoms with Gasteiger partial charge < -0.3 is 30.6 Å². The largest absolute Gasteiger partial charge is 0.394 e. The van der Waals surface area contributed by atoms with E-state index in [2.05, 4.69) is 23.1 Å². The van der Waals surface area contributed by atoms with Crippen molar-refractivity contribution in [3.05, 3.63) is 77.5 Å². The summed E-state index contributed by atoms with van der Waals surface area (Å²) in [5.74, 6) is 0. The summed E-state index contributed by atoms with van der Waals surface area (Å²) in [5.41, 5.74) is 9.88. The van der Waals surface area contributed by atoms with E-state index in [1.54, 1.807) is 12.1 Å². The molecule has 2 heterocycles. The zero-order valence-electron chi connectivity index (χ0n) is 15.7. The Morgan fingerprint density at radius 2 is 1.62 bits per heavy atom. The maximum atomic E-state index is 10.3. The van der Waals surface area contributed by atoms with Crippen molar-refractivity contribution in [3.8, 4) is 0 Å². The number of aliphatic hydroxyl groups is 4. The van der Waals surface area contributed by atoms with Crippen LogP contribution in [0.5, 0.6) is 0 Å². The van der Waals surface area contributed by atoms with Gasteiger partial charge >= 0.3 is 0 Å². The van der Waals surface area contributed by atoms with E-state index in [0.29, 0.717) is 12.1 Å². The van der Waals surface area contributed by atoms with Gasteiger partial charge in [-0.2, -0.15) is 0 Å². The van der Waals surface area contributed by atoms with Crippen LogP contribution in [0.3, 0.4) is 0 Å². The topological polar surface area (TPSA) is 117 Å². The lowest BCUT2D eigenvalue weighted by Gasteiger charge is -2.40. The molecule has 0 aliphatic carbocycles. The number of benzene rings is 2. The minimum absolute atomic E-state index is 0.445. The fraction of sp³-hybridized carbons (Fsp3) is 0.333. The van der Waals surface area contributed by atoms with E-state index in [0.717, 1.165) is 11.3 Å². The summed E-state index contributed by atoms with van der Waals surface area (Å²) in [4.78, 5) is 0. The maximum absolute atomic E-state index is 10.3. The quantitative estimate of drug-likeness (QED) is 0.417. The van der Waals surface area contributed by atoms with Crippen LogP contribution in [0.25, 0.3) is 5.70 Å². The van der Waals surface area contributed by atoms with Crippen molar-refractivity contribution < 1.29 is 25.2 Å². The molecule has 0 saturated carbocycles. The fourth-order valence-corrected chi connectivity index (χ4v) is 3.59. The van der Waals surface area contributed by atoms with Crippen LogP contribution in [0, 0.1) is 0 Å². The molecule has 29 heavy (non-hydrogen) atoms. The summed E-state index contributed by atoms with van der Waals surface area (Å²) < 4.78 is 5.60. The number of hydrogen-bond acceptors (Lipinski definition) is 8. The highest BCUT2D eigenvalue weighted by Gasteiger charge is 2.43. The number of nitrogens with one attached hydrogen (secondary N) is 2. The Morgan fingerprint density at radius 1 is 0.897 bits per heavy atom. The molecule has 4 rings (SSSR count). The van der Waals surface area contributed by atoms with Gasteiger partial charge in [-0.1, -0.05) is 54.6 Å². The Bertz CT molecular complexity index is 843. The first kappa shape index (κ1) is 19.8. The second kappa shape index (κ2) is 8.50. The van der Waals surface area contributed by atoms with Crippen LogP contribution in [0.1, 0.15) is 22.8 Å². The smallest absolute Gasteiger partial charge is 0.113 e. The molecule has 5 atom stereocenters. The van der Waals surface area contributed by atoms with E-state index >= 15 is 0 Å². The van der Waals surface area contributed by atoms with Gasteiger partial charge in [0, 0.05) is 11.8 Å². The Hall–Kier alpha value is -2.46. The third-order valence-corrected chi connectivity index (χ3v) is 5.26. The molecule has 0 aromatic heterocycles. The van der Waals surface area contributed by atoms with Gasteiger partial charge in [-0.15, -0.1) is 5.53 Å². The zero-order valence-corrected chi connectivity index (χ0v) is 15.7. The summed E-state index contributed by atoms with van der Waals surface area (Å²) >= 11 is 0. The average Bonchev–Trinajstić information content (AvgIpc) is 3.22. The van der Waals surface area contributed by atoms with Gasteiger partial charge in [0.05, 0.1) is 18.8 Å². The highest BCUT2D eigenvalue weighted by Crippen LogP contribution is 2.33. The first-order valence-electron chi connectivity index (χ1n) is 9.51. The van der Waals surface area contributed by atoms with E-state index < -0.39 is 37.1 Å². The predicted octanol–water partition coefficient (Wildman–Crippen LogP) is 0.0249.